The summed E-state index contributed by atoms with van der Waals surface area (Å²) in [6, 6.07) is 0.385. The standard InChI is InChI=1S/C9H6ClF5N2S/c1-16-7(18)8(11,12)6-5(10)2-4(3-17-6)9(13,14)15/h2-3H,1H3,(H,16,18). The molecule has 0 spiro atoms. The zero-order valence-corrected chi connectivity index (χ0v) is 10.4. The average molecular weight is 305 g/mol. The summed E-state index contributed by atoms with van der Waals surface area (Å²) in [6.45, 7) is 0. The minimum atomic E-state index is -4.70. The third-order valence-electron chi connectivity index (χ3n) is 1.98. The van der Waals surface area contributed by atoms with Crippen LogP contribution in [-0.4, -0.2) is 17.0 Å². The van der Waals surface area contributed by atoms with Gasteiger partial charge in [-0.05, 0) is 6.07 Å². The SMILES string of the molecule is CNC(=S)C(F)(F)c1ncc(C(F)(F)F)cc1Cl. The molecule has 1 rings (SSSR count). The number of pyridine rings is 1. The fraction of sp³-hybridized carbons (Fsp3) is 0.333. The molecular formula is C9H6ClF5N2S. The number of nitrogens with zero attached hydrogens (tertiary/aromatic N) is 1. The van der Waals surface area contributed by atoms with Gasteiger partial charge in [-0.3, -0.25) is 4.98 Å². The zero-order chi connectivity index (χ0) is 14.1. The highest BCUT2D eigenvalue weighted by molar-refractivity contribution is 7.80. The Hall–Kier alpha value is -1.02. The van der Waals surface area contributed by atoms with E-state index in [2.05, 4.69) is 17.2 Å². The maximum atomic E-state index is 13.6. The van der Waals surface area contributed by atoms with Crippen LogP contribution >= 0.6 is 23.8 Å². The minimum Gasteiger partial charge on any atom is -0.377 e. The van der Waals surface area contributed by atoms with E-state index in [9.17, 15) is 22.0 Å². The normalized spacial score (nSPS) is 12.4. The lowest BCUT2D eigenvalue weighted by Gasteiger charge is -2.18. The number of hydrogen-bond acceptors (Lipinski definition) is 2. The summed E-state index contributed by atoms with van der Waals surface area (Å²) >= 11 is 9.75. The molecule has 0 aliphatic carbocycles. The van der Waals surface area contributed by atoms with Gasteiger partial charge in [-0.2, -0.15) is 22.0 Å². The van der Waals surface area contributed by atoms with E-state index in [0.717, 1.165) is 7.05 Å². The van der Waals surface area contributed by atoms with Crippen molar-refractivity contribution in [1.29, 1.82) is 0 Å². The average Bonchev–Trinajstić information content (AvgIpc) is 2.26. The van der Waals surface area contributed by atoms with Crippen LogP contribution in [0, 0.1) is 0 Å². The Labute approximate surface area is 109 Å². The van der Waals surface area contributed by atoms with E-state index < -0.39 is 33.4 Å². The van der Waals surface area contributed by atoms with E-state index >= 15 is 0 Å². The second kappa shape index (κ2) is 4.93. The molecule has 2 nitrogen and oxygen atoms in total. The number of hydrogen-bond donors (Lipinski definition) is 1. The summed E-state index contributed by atoms with van der Waals surface area (Å²) in [7, 11) is 1.16. The van der Waals surface area contributed by atoms with Crippen molar-refractivity contribution in [3.8, 4) is 0 Å². The van der Waals surface area contributed by atoms with Crippen molar-refractivity contribution in [3.05, 3.63) is 28.5 Å². The first-order valence-electron chi connectivity index (χ1n) is 4.44. The molecule has 1 heterocycles. The highest BCUT2D eigenvalue weighted by Gasteiger charge is 2.41. The lowest BCUT2D eigenvalue weighted by atomic mass is 10.1. The number of halogens is 6. The van der Waals surface area contributed by atoms with E-state index in [1.165, 1.54) is 0 Å². The molecule has 1 aromatic rings. The molecule has 0 bridgehead atoms. The van der Waals surface area contributed by atoms with Crippen molar-refractivity contribution in [3.63, 3.8) is 0 Å². The van der Waals surface area contributed by atoms with Crippen molar-refractivity contribution >= 4 is 28.8 Å². The van der Waals surface area contributed by atoms with Crippen molar-refractivity contribution in [1.82, 2.24) is 10.3 Å². The number of alkyl halides is 5. The Balaban J connectivity index is 3.26. The number of likely N-dealkylation sites (N-methyl/N-ethyl adjacent to an activating group) is 1. The maximum Gasteiger partial charge on any atom is 0.417 e. The van der Waals surface area contributed by atoms with Crippen LogP contribution in [0.5, 0.6) is 0 Å². The van der Waals surface area contributed by atoms with Crippen molar-refractivity contribution < 1.29 is 22.0 Å². The van der Waals surface area contributed by atoms with Gasteiger partial charge in [0.25, 0.3) is 0 Å². The van der Waals surface area contributed by atoms with Gasteiger partial charge in [0.15, 0.2) is 4.99 Å². The van der Waals surface area contributed by atoms with Crippen LogP contribution in [-0.2, 0) is 12.1 Å². The van der Waals surface area contributed by atoms with E-state index in [1.807, 2.05) is 5.32 Å². The molecule has 0 saturated heterocycles. The first-order chi connectivity index (χ1) is 8.10. The van der Waals surface area contributed by atoms with Crippen LogP contribution in [0.2, 0.25) is 5.02 Å². The topological polar surface area (TPSA) is 24.9 Å². The monoisotopic (exact) mass is 304 g/mol. The van der Waals surface area contributed by atoms with Gasteiger partial charge in [0.05, 0.1) is 10.6 Å². The Morgan fingerprint density at radius 2 is 1.89 bits per heavy atom. The molecule has 1 aromatic heterocycles. The van der Waals surface area contributed by atoms with Gasteiger partial charge in [0.1, 0.15) is 5.69 Å². The Kier molecular flexibility index (Phi) is 4.12. The zero-order valence-electron chi connectivity index (χ0n) is 8.78. The van der Waals surface area contributed by atoms with Gasteiger partial charge in [-0.1, -0.05) is 23.8 Å². The van der Waals surface area contributed by atoms with Gasteiger partial charge in [-0.25, -0.2) is 0 Å². The summed E-state index contributed by atoms with van der Waals surface area (Å²) in [5, 5.41) is 1.24. The highest BCUT2D eigenvalue weighted by Crippen LogP contribution is 2.36. The molecule has 1 N–H and O–H groups in total. The fourth-order valence-corrected chi connectivity index (χ4v) is 1.47. The molecule has 18 heavy (non-hydrogen) atoms. The van der Waals surface area contributed by atoms with Gasteiger partial charge in [0.2, 0.25) is 0 Å². The van der Waals surface area contributed by atoms with E-state index in [-0.39, 0.29) is 6.20 Å². The van der Waals surface area contributed by atoms with Crippen LogP contribution in [0.4, 0.5) is 22.0 Å². The van der Waals surface area contributed by atoms with Crippen LogP contribution in [0.3, 0.4) is 0 Å². The second-order valence-corrected chi connectivity index (χ2v) is 4.02. The van der Waals surface area contributed by atoms with Gasteiger partial charge in [-0.15, -0.1) is 0 Å². The lowest BCUT2D eigenvalue weighted by molar-refractivity contribution is -0.137. The number of rotatable bonds is 2. The molecule has 9 heteroatoms. The predicted octanol–water partition coefficient (Wildman–Crippen LogP) is 3.39. The van der Waals surface area contributed by atoms with Crippen molar-refractivity contribution in [2.45, 2.75) is 12.1 Å². The first-order valence-corrected chi connectivity index (χ1v) is 5.22. The summed E-state index contributed by atoms with van der Waals surface area (Å²) in [4.78, 5) is 2.18. The molecule has 0 unspecified atom stereocenters. The molecule has 0 amide bonds. The van der Waals surface area contributed by atoms with E-state index in [0.29, 0.717) is 6.07 Å². The molecule has 0 saturated carbocycles. The summed E-state index contributed by atoms with van der Waals surface area (Å²) in [6.07, 6.45) is -4.42. The van der Waals surface area contributed by atoms with Crippen LogP contribution in [0.15, 0.2) is 12.3 Å². The van der Waals surface area contributed by atoms with Gasteiger partial charge >= 0.3 is 12.1 Å². The minimum absolute atomic E-state index is 0.285. The van der Waals surface area contributed by atoms with Crippen LogP contribution < -0.4 is 5.32 Å². The van der Waals surface area contributed by atoms with E-state index in [1.54, 1.807) is 0 Å². The third kappa shape index (κ3) is 2.86. The molecule has 0 aromatic carbocycles. The fourth-order valence-electron chi connectivity index (χ4n) is 1.09. The summed E-state index contributed by atoms with van der Waals surface area (Å²) in [5.41, 5.74) is -2.22. The smallest absolute Gasteiger partial charge is 0.377 e. The first kappa shape index (κ1) is 15.0. The van der Waals surface area contributed by atoms with Crippen LogP contribution in [0.25, 0.3) is 0 Å². The molecule has 0 atom stereocenters. The molecule has 0 aliphatic heterocycles. The van der Waals surface area contributed by atoms with Gasteiger partial charge in [0, 0.05) is 13.2 Å². The van der Waals surface area contributed by atoms with Crippen molar-refractivity contribution in [2.24, 2.45) is 0 Å². The third-order valence-corrected chi connectivity index (χ3v) is 2.73. The summed E-state index contributed by atoms with van der Waals surface area (Å²) in [5.74, 6) is -3.73. The predicted molar refractivity (Wildman–Crippen MR) is 59.8 cm³/mol. The number of aromatic nitrogens is 1. The van der Waals surface area contributed by atoms with Crippen molar-refractivity contribution in [2.75, 3.05) is 7.05 Å². The molecule has 0 aliphatic rings. The molecule has 0 radical (unpaired) electrons. The molecule has 100 valence electrons. The van der Waals surface area contributed by atoms with Gasteiger partial charge < -0.3 is 5.32 Å². The van der Waals surface area contributed by atoms with E-state index in [4.69, 9.17) is 11.6 Å². The molecular weight excluding hydrogens is 299 g/mol. The lowest BCUT2D eigenvalue weighted by Crippen LogP contribution is -2.35. The Bertz CT molecular complexity index is 475. The number of nitrogens with one attached hydrogen (secondary N) is 1. The number of thiocarbonyl (C=S) groups is 1. The second-order valence-electron chi connectivity index (χ2n) is 3.21. The maximum absolute atomic E-state index is 13.6. The summed E-state index contributed by atoms with van der Waals surface area (Å²) < 4.78 is 64.1. The highest BCUT2D eigenvalue weighted by atomic mass is 35.5. The Morgan fingerprint density at radius 1 is 1.33 bits per heavy atom. The molecule has 0 fully saturated rings. The Morgan fingerprint density at radius 3 is 2.28 bits per heavy atom. The largest absolute Gasteiger partial charge is 0.417 e. The van der Waals surface area contributed by atoms with Crippen LogP contribution in [0.1, 0.15) is 11.3 Å². The quantitative estimate of drug-likeness (QED) is 0.669.